The van der Waals surface area contributed by atoms with Crippen LogP contribution in [-0.4, -0.2) is 15.5 Å². The van der Waals surface area contributed by atoms with Gasteiger partial charge in [0.1, 0.15) is 0 Å². The van der Waals surface area contributed by atoms with Crippen LogP contribution >= 0.6 is 0 Å². The van der Waals surface area contributed by atoms with Crippen LogP contribution in [-0.2, 0) is 6.54 Å². The molecule has 3 rings (SSSR count). The number of aromatic nitrogens is 2. The Bertz CT molecular complexity index is 915. The number of carbonyl (C=O) groups excluding carboxylic acids is 1. The molecule has 0 bridgehead atoms. The molecule has 0 atom stereocenters. The number of rotatable bonds is 4. The van der Waals surface area contributed by atoms with Gasteiger partial charge in [0.2, 0.25) is 0 Å². The highest BCUT2D eigenvalue weighted by Crippen LogP contribution is 2.26. The maximum atomic E-state index is 11.1. The highest BCUT2D eigenvalue weighted by Gasteiger charge is 2.13. The molecule has 3 N–H and O–H groups in total. The number of nitrogens with two attached hydrogens (primary N) is 1. The van der Waals surface area contributed by atoms with Crippen LogP contribution in [0.5, 0.6) is 5.75 Å². The predicted octanol–water partition coefficient (Wildman–Crippen LogP) is 3.33. The van der Waals surface area contributed by atoms with Gasteiger partial charge in [-0.1, -0.05) is 24.3 Å². The van der Waals surface area contributed by atoms with Crippen LogP contribution in [0.25, 0.3) is 5.65 Å². The number of benzene rings is 1. The number of pyridine rings is 1. The Balaban J connectivity index is 2.00. The van der Waals surface area contributed by atoms with Gasteiger partial charge in [0, 0.05) is 18.3 Å². The quantitative estimate of drug-likeness (QED) is 0.771. The van der Waals surface area contributed by atoms with Crippen LogP contribution in [0.1, 0.15) is 22.5 Å². The molecule has 0 aliphatic rings. The van der Waals surface area contributed by atoms with Crippen molar-refractivity contribution in [1.82, 2.24) is 9.38 Å². The number of imidazole rings is 1. The first kappa shape index (κ1) is 15.9. The predicted molar refractivity (Wildman–Crippen MR) is 93.4 cm³/mol. The van der Waals surface area contributed by atoms with Gasteiger partial charge in [0.05, 0.1) is 17.6 Å². The van der Waals surface area contributed by atoms with Crippen molar-refractivity contribution < 1.29 is 9.53 Å². The van der Waals surface area contributed by atoms with Gasteiger partial charge in [0.15, 0.2) is 11.4 Å². The van der Waals surface area contributed by atoms with E-state index in [2.05, 4.69) is 29.4 Å². The van der Waals surface area contributed by atoms with Crippen LogP contribution in [0.2, 0.25) is 0 Å². The lowest BCUT2D eigenvalue weighted by Gasteiger charge is -2.12. The lowest BCUT2D eigenvalue weighted by Crippen LogP contribution is -2.16. The summed E-state index contributed by atoms with van der Waals surface area (Å²) in [5.74, 6) is 0.378. The Morgan fingerprint density at radius 2 is 2.04 bits per heavy atom. The second-order valence-corrected chi connectivity index (χ2v) is 5.77. The van der Waals surface area contributed by atoms with E-state index in [-0.39, 0.29) is 0 Å². The van der Waals surface area contributed by atoms with E-state index in [1.165, 1.54) is 11.1 Å². The zero-order valence-corrected chi connectivity index (χ0v) is 14.0. The summed E-state index contributed by atoms with van der Waals surface area (Å²) in [6, 6.07) is 9.91. The van der Waals surface area contributed by atoms with Crippen LogP contribution in [0, 0.1) is 20.8 Å². The summed E-state index contributed by atoms with van der Waals surface area (Å²) in [4.78, 5) is 15.7. The molecular formula is C18H20N4O2. The lowest BCUT2D eigenvalue weighted by molar-refractivity contribution is 0.210. The Hall–Kier alpha value is -3.02. The first-order valence-electron chi connectivity index (χ1n) is 7.70. The average Bonchev–Trinajstić information content (AvgIpc) is 2.81. The molecule has 0 aliphatic carbocycles. The zero-order valence-electron chi connectivity index (χ0n) is 14.0. The molecule has 0 radical (unpaired) electrons. The van der Waals surface area contributed by atoms with E-state index in [0.29, 0.717) is 12.3 Å². The first-order chi connectivity index (χ1) is 11.5. The monoisotopic (exact) mass is 324 g/mol. The van der Waals surface area contributed by atoms with Gasteiger partial charge in [-0.15, -0.1) is 0 Å². The number of primary amides is 1. The van der Waals surface area contributed by atoms with E-state index >= 15 is 0 Å². The van der Waals surface area contributed by atoms with E-state index < -0.39 is 6.09 Å². The van der Waals surface area contributed by atoms with Crippen molar-refractivity contribution in [3.63, 3.8) is 0 Å². The third kappa shape index (κ3) is 3.03. The molecule has 1 amide bonds. The van der Waals surface area contributed by atoms with Crippen LogP contribution in [0.3, 0.4) is 0 Å². The maximum absolute atomic E-state index is 11.1. The maximum Gasteiger partial charge on any atom is 0.410 e. The molecule has 24 heavy (non-hydrogen) atoms. The smallest absolute Gasteiger partial charge is 0.409 e. The number of nitrogens with zero attached hydrogens (tertiary/aromatic N) is 2. The third-order valence-corrected chi connectivity index (χ3v) is 4.12. The van der Waals surface area contributed by atoms with Crippen LogP contribution in [0.4, 0.5) is 10.5 Å². The average molecular weight is 324 g/mol. The summed E-state index contributed by atoms with van der Waals surface area (Å²) in [5, 5.41) is 3.38. The standard InChI is InChI=1S/C18H20N4O2/c1-11-6-4-5-7-14(11)9-20-16-8-15(24-18(19)23)10-22-13(3)12(2)21-17(16)22/h4-8,10,20H,9H2,1-3H3,(H2,19,23). The van der Waals surface area contributed by atoms with Gasteiger partial charge in [-0.3, -0.25) is 4.40 Å². The molecule has 2 heterocycles. The van der Waals surface area contributed by atoms with E-state index in [1.807, 2.05) is 30.4 Å². The minimum Gasteiger partial charge on any atom is -0.409 e. The van der Waals surface area contributed by atoms with Crippen molar-refractivity contribution >= 4 is 17.4 Å². The van der Waals surface area contributed by atoms with Gasteiger partial charge in [0.25, 0.3) is 0 Å². The summed E-state index contributed by atoms with van der Waals surface area (Å²) in [5.41, 5.74) is 11.0. The Morgan fingerprint density at radius 3 is 2.75 bits per heavy atom. The SMILES string of the molecule is Cc1ccccc1CNc1cc(OC(N)=O)cn2c(C)c(C)nc12. The number of ether oxygens (including phenoxy) is 1. The molecule has 1 aromatic carbocycles. The molecule has 3 aromatic rings. The summed E-state index contributed by atoms with van der Waals surface area (Å²) in [6.07, 6.45) is 0.877. The number of hydrogen-bond donors (Lipinski definition) is 2. The van der Waals surface area contributed by atoms with Gasteiger partial charge >= 0.3 is 6.09 Å². The van der Waals surface area contributed by atoms with Crippen molar-refractivity contribution in [2.75, 3.05) is 5.32 Å². The van der Waals surface area contributed by atoms with Crippen LogP contribution < -0.4 is 15.8 Å². The van der Waals surface area contributed by atoms with Crippen molar-refractivity contribution in [3.05, 3.63) is 59.0 Å². The summed E-state index contributed by atoms with van der Waals surface area (Å²) < 4.78 is 6.95. The van der Waals surface area contributed by atoms with E-state index in [1.54, 1.807) is 12.3 Å². The van der Waals surface area contributed by atoms with Crippen molar-refractivity contribution in [2.24, 2.45) is 5.73 Å². The topological polar surface area (TPSA) is 81.6 Å². The Kier molecular flexibility index (Phi) is 4.12. The lowest BCUT2D eigenvalue weighted by atomic mass is 10.1. The molecule has 0 spiro atoms. The molecule has 124 valence electrons. The van der Waals surface area contributed by atoms with E-state index in [9.17, 15) is 4.79 Å². The molecule has 0 saturated heterocycles. The van der Waals surface area contributed by atoms with Gasteiger partial charge in [-0.25, -0.2) is 9.78 Å². The second kappa shape index (κ2) is 6.23. The van der Waals surface area contributed by atoms with Gasteiger partial charge in [-0.05, 0) is 31.9 Å². The van der Waals surface area contributed by atoms with Gasteiger partial charge < -0.3 is 15.8 Å². The number of hydrogen-bond acceptors (Lipinski definition) is 4. The minimum absolute atomic E-state index is 0.378. The third-order valence-electron chi connectivity index (χ3n) is 4.12. The van der Waals surface area contributed by atoms with Crippen LogP contribution in [0.15, 0.2) is 36.5 Å². The van der Waals surface area contributed by atoms with Crippen molar-refractivity contribution in [2.45, 2.75) is 27.3 Å². The number of carbonyl (C=O) groups is 1. The second-order valence-electron chi connectivity index (χ2n) is 5.77. The number of fused-ring (bicyclic) bond motifs is 1. The number of anilines is 1. The summed E-state index contributed by atoms with van der Waals surface area (Å²) in [7, 11) is 0. The molecule has 0 aliphatic heterocycles. The molecular weight excluding hydrogens is 304 g/mol. The normalized spacial score (nSPS) is 10.8. The summed E-state index contributed by atoms with van der Waals surface area (Å²) in [6.45, 7) is 6.63. The molecule has 6 heteroatoms. The number of aryl methyl sites for hydroxylation is 3. The largest absolute Gasteiger partial charge is 0.410 e. The number of nitrogens with one attached hydrogen (secondary N) is 1. The molecule has 0 fully saturated rings. The fraction of sp³-hybridized carbons (Fsp3) is 0.222. The van der Waals surface area contributed by atoms with Crippen molar-refractivity contribution in [3.8, 4) is 5.75 Å². The zero-order chi connectivity index (χ0) is 17.3. The minimum atomic E-state index is -0.839. The van der Waals surface area contributed by atoms with E-state index in [4.69, 9.17) is 10.5 Å². The number of amides is 1. The fourth-order valence-electron chi connectivity index (χ4n) is 2.65. The highest BCUT2D eigenvalue weighted by atomic mass is 16.5. The molecule has 6 nitrogen and oxygen atoms in total. The highest BCUT2D eigenvalue weighted by molar-refractivity contribution is 5.73. The Labute approximate surface area is 140 Å². The molecule has 0 unspecified atom stereocenters. The first-order valence-corrected chi connectivity index (χ1v) is 7.70. The molecule has 0 saturated carbocycles. The van der Waals surface area contributed by atoms with Crippen molar-refractivity contribution in [1.29, 1.82) is 0 Å². The van der Waals surface area contributed by atoms with Gasteiger partial charge in [-0.2, -0.15) is 0 Å². The Morgan fingerprint density at radius 1 is 1.29 bits per heavy atom. The summed E-state index contributed by atoms with van der Waals surface area (Å²) >= 11 is 0. The molecule has 2 aromatic heterocycles. The van der Waals surface area contributed by atoms with E-state index in [0.717, 1.165) is 22.7 Å². The fourth-order valence-corrected chi connectivity index (χ4v) is 2.65.